The van der Waals surface area contributed by atoms with Gasteiger partial charge in [0, 0.05) is 36.1 Å². The van der Waals surface area contributed by atoms with Crippen LogP contribution < -0.4 is 20.7 Å². The zero-order valence-corrected chi connectivity index (χ0v) is 21.8. The number of sulfone groups is 1. The average Bonchev–Trinajstić information content (AvgIpc) is 2.90. The summed E-state index contributed by atoms with van der Waals surface area (Å²) in [6, 6.07) is 24.0. The predicted molar refractivity (Wildman–Crippen MR) is 150 cm³/mol. The molecule has 1 heterocycles. The van der Waals surface area contributed by atoms with Crippen molar-refractivity contribution < 1.29 is 13.2 Å². The molecular formula is C28H33N5O3S. The van der Waals surface area contributed by atoms with Gasteiger partial charge in [-0.3, -0.25) is 0 Å². The van der Waals surface area contributed by atoms with Gasteiger partial charge in [-0.25, -0.2) is 18.4 Å². The Morgan fingerprint density at radius 1 is 0.838 bits per heavy atom. The second kappa shape index (κ2) is 13.0. The number of aromatic nitrogens is 2. The SMILES string of the molecule is CS(=O)(=O)CCNCCCCNc1ccc2ncnc(Nc3ccc(OCc4ccccc4)cc3)c2c1. The molecule has 0 fully saturated rings. The minimum Gasteiger partial charge on any atom is -0.489 e. The van der Waals surface area contributed by atoms with E-state index in [1.165, 1.54) is 6.26 Å². The summed E-state index contributed by atoms with van der Waals surface area (Å²) in [5.74, 6) is 1.72. The van der Waals surface area contributed by atoms with Crippen molar-refractivity contribution in [3.63, 3.8) is 0 Å². The molecule has 4 rings (SSSR count). The first-order chi connectivity index (χ1) is 18.0. The lowest BCUT2D eigenvalue weighted by Gasteiger charge is -2.12. The van der Waals surface area contributed by atoms with Crippen LogP contribution in [0.3, 0.4) is 0 Å². The second-order valence-corrected chi connectivity index (χ2v) is 11.2. The average molecular weight is 520 g/mol. The highest BCUT2D eigenvalue weighted by Crippen LogP contribution is 2.27. The van der Waals surface area contributed by atoms with E-state index in [4.69, 9.17) is 4.74 Å². The highest BCUT2D eigenvalue weighted by molar-refractivity contribution is 7.90. The van der Waals surface area contributed by atoms with Gasteiger partial charge < -0.3 is 20.7 Å². The Bertz CT molecular complexity index is 1380. The van der Waals surface area contributed by atoms with E-state index in [1.54, 1.807) is 6.33 Å². The standard InChI is InChI=1S/C28H33N5O3S/c1-37(34,35)18-17-29-15-5-6-16-30-24-11-14-27-26(19-24)28(32-21-31-27)33-23-9-12-25(13-10-23)36-20-22-7-3-2-4-8-22/h2-4,7-14,19,21,29-30H,5-6,15-18,20H2,1H3,(H,31,32,33). The first kappa shape index (κ1) is 26.4. The van der Waals surface area contributed by atoms with Crippen molar-refractivity contribution >= 4 is 37.9 Å². The fourth-order valence-electron chi connectivity index (χ4n) is 3.77. The molecule has 37 heavy (non-hydrogen) atoms. The lowest BCUT2D eigenvalue weighted by molar-refractivity contribution is 0.306. The van der Waals surface area contributed by atoms with E-state index in [2.05, 4.69) is 32.0 Å². The molecule has 0 bridgehead atoms. The highest BCUT2D eigenvalue weighted by atomic mass is 32.2. The maximum Gasteiger partial charge on any atom is 0.148 e. The van der Waals surface area contributed by atoms with Crippen molar-refractivity contribution in [2.24, 2.45) is 0 Å². The van der Waals surface area contributed by atoms with Crippen LogP contribution in [0.4, 0.5) is 17.2 Å². The third-order valence-corrected chi connectivity index (χ3v) is 6.71. The molecule has 3 N–H and O–H groups in total. The van der Waals surface area contributed by atoms with E-state index >= 15 is 0 Å². The molecule has 3 aromatic carbocycles. The molecule has 0 amide bonds. The number of unbranched alkanes of at least 4 members (excludes halogenated alkanes) is 1. The maximum atomic E-state index is 11.2. The van der Waals surface area contributed by atoms with Crippen LogP contribution in [0.15, 0.2) is 79.1 Å². The normalized spacial score (nSPS) is 11.4. The Balaban J connectivity index is 1.29. The minimum atomic E-state index is -2.91. The first-order valence-electron chi connectivity index (χ1n) is 12.4. The van der Waals surface area contributed by atoms with Gasteiger partial charge in [0.2, 0.25) is 0 Å². The molecule has 0 aliphatic rings. The van der Waals surface area contributed by atoms with Crippen LogP contribution in [-0.4, -0.2) is 50.0 Å². The van der Waals surface area contributed by atoms with E-state index in [0.29, 0.717) is 13.2 Å². The van der Waals surface area contributed by atoms with Crippen LogP contribution in [0.5, 0.6) is 5.75 Å². The summed E-state index contributed by atoms with van der Waals surface area (Å²) in [4.78, 5) is 8.86. The lowest BCUT2D eigenvalue weighted by atomic mass is 10.2. The predicted octanol–water partition coefficient (Wildman–Crippen LogP) is 4.78. The molecule has 0 saturated heterocycles. The van der Waals surface area contributed by atoms with Gasteiger partial charge in [-0.15, -0.1) is 0 Å². The molecule has 0 aliphatic heterocycles. The van der Waals surface area contributed by atoms with E-state index in [1.807, 2.05) is 66.7 Å². The number of nitrogens with one attached hydrogen (secondary N) is 3. The molecule has 1 aromatic heterocycles. The number of nitrogens with zero attached hydrogens (tertiary/aromatic N) is 2. The molecule has 0 unspecified atom stereocenters. The van der Waals surface area contributed by atoms with Crippen LogP contribution in [0.2, 0.25) is 0 Å². The Morgan fingerprint density at radius 2 is 1.59 bits per heavy atom. The van der Waals surface area contributed by atoms with Crippen LogP contribution in [-0.2, 0) is 16.4 Å². The maximum absolute atomic E-state index is 11.2. The molecule has 9 heteroatoms. The summed E-state index contributed by atoms with van der Waals surface area (Å²) in [5, 5.41) is 11.0. The van der Waals surface area contributed by atoms with Crippen molar-refractivity contribution in [3.8, 4) is 5.75 Å². The van der Waals surface area contributed by atoms with Crippen molar-refractivity contribution in [3.05, 3.63) is 84.7 Å². The minimum absolute atomic E-state index is 0.174. The quantitative estimate of drug-likeness (QED) is 0.205. The molecule has 0 spiro atoms. The van der Waals surface area contributed by atoms with Crippen LogP contribution in [0.1, 0.15) is 18.4 Å². The summed E-state index contributed by atoms with van der Waals surface area (Å²) in [7, 11) is -2.91. The number of rotatable bonds is 14. The number of benzene rings is 3. The van der Waals surface area contributed by atoms with Gasteiger partial charge in [-0.2, -0.15) is 0 Å². The highest BCUT2D eigenvalue weighted by Gasteiger charge is 2.06. The molecule has 194 valence electrons. The van der Waals surface area contributed by atoms with E-state index in [-0.39, 0.29) is 5.75 Å². The first-order valence-corrected chi connectivity index (χ1v) is 14.4. The number of hydrogen-bond donors (Lipinski definition) is 3. The Kier molecular flexibility index (Phi) is 9.29. The summed E-state index contributed by atoms with van der Waals surface area (Å²) in [6.07, 6.45) is 4.75. The van der Waals surface area contributed by atoms with Crippen molar-refractivity contribution in [1.82, 2.24) is 15.3 Å². The largest absolute Gasteiger partial charge is 0.489 e. The summed E-state index contributed by atoms with van der Waals surface area (Å²) in [6.45, 7) is 2.64. The number of fused-ring (bicyclic) bond motifs is 1. The van der Waals surface area contributed by atoms with Gasteiger partial charge in [0.25, 0.3) is 0 Å². The molecule has 0 aliphatic carbocycles. The van der Waals surface area contributed by atoms with Crippen LogP contribution in [0, 0.1) is 0 Å². The van der Waals surface area contributed by atoms with Gasteiger partial charge in [-0.05, 0) is 67.4 Å². The van der Waals surface area contributed by atoms with Crippen LogP contribution in [0.25, 0.3) is 10.9 Å². The summed E-state index contributed by atoms with van der Waals surface area (Å²) < 4.78 is 28.2. The van der Waals surface area contributed by atoms with Gasteiger partial charge in [0.15, 0.2) is 0 Å². The molecular weight excluding hydrogens is 486 g/mol. The zero-order valence-electron chi connectivity index (χ0n) is 21.0. The van der Waals surface area contributed by atoms with Gasteiger partial charge in [0.05, 0.1) is 11.3 Å². The topological polar surface area (TPSA) is 105 Å². The summed E-state index contributed by atoms with van der Waals surface area (Å²) in [5.41, 5.74) is 3.90. The van der Waals surface area contributed by atoms with Crippen molar-refractivity contribution in [1.29, 1.82) is 0 Å². The number of anilines is 3. The number of hydrogen-bond acceptors (Lipinski definition) is 8. The van der Waals surface area contributed by atoms with Gasteiger partial charge in [-0.1, -0.05) is 30.3 Å². The van der Waals surface area contributed by atoms with Gasteiger partial charge in [0.1, 0.15) is 34.3 Å². The molecule has 0 saturated carbocycles. The second-order valence-electron chi connectivity index (χ2n) is 8.89. The smallest absolute Gasteiger partial charge is 0.148 e. The van der Waals surface area contributed by atoms with Gasteiger partial charge >= 0.3 is 0 Å². The molecule has 4 aromatic rings. The lowest BCUT2D eigenvalue weighted by Crippen LogP contribution is -2.23. The monoisotopic (exact) mass is 519 g/mol. The van der Waals surface area contributed by atoms with Crippen molar-refractivity contribution in [2.45, 2.75) is 19.4 Å². The molecule has 8 nitrogen and oxygen atoms in total. The van der Waals surface area contributed by atoms with E-state index in [0.717, 1.165) is 65.3 Å². The molecule has 0 atom stereocenters. The third kappa shape index (κ3) is 8.73. The van der Waals surface area contributed by atoms with Crippen molar-refractivity contribution in [2.75, 3.05) is 42.3 Å². The van der Waals surface area contributed by atoms with E-state index in [9.17, 15) is 8.42 Å². The molecule has 0 radical (unpaired) electrons. The zero-order chi connectivity index (χ0) is 25.9. The fourth-order valence-corrected chi connectivity index (χ4v) is 4.28. The Labute approximate surface area is 218 Å². The number of ether oxygens (including phenoxy) is 1. The summed E-state index contributed by atoms with van der Waals surface area (Å²) >= 11 is 0. The Hall–Kier alpha value is -3.69. The third-order valence-electron chi connectivity index (χ3n) is 5.76. The van der Waals surface area contributed by atoms with E-state index < -0.39 is 9.84 Å². The van der Waals surface area contributed by atoms with Crippen LogP contribution >= 0.6 is 0 Å². The Morgan fingerprint density at radius 3 is 2.38 bits per heavy atom. The fraction of sp³-hybridized carbons (Fsp3) is 0.286.